The number of carbonyl (C=O) groups is 2. The molecule has 0 saturated carbocycles. The molecule has 1 aliphatic rings. The highest BCUT2D eigenvalue weighted by Crippen LogP contribution is 2.27. The van der Waals surface area contributed by atoms with E-state index in [9.17, 15) is 9.59 Å². The fraction of sp³-hybridized carbons (Fsp3) is 0.364. The minimum absolute atomic E-state index is 0.0101. The van der Waals surface area contributed by atoms with Crippen LogP contribution in [0, 0.1) is 0 Å². The minimum atomic E-state index is -0.662. The van der Waals surface area contributed by atoms with Crippen LogP contribution in [0.4, 0.5) is 4.79 Å². The molecule has 2 aromatic carbocycles. The quantitative estimate of drug-likeness (QED) is 0.639. The number of para-hydroxylation sites is 1. The van der Waals surface area contributed by atoms with Crippen LogP contribution in [0.2, 0.25) is 0 Å². The first kappa shape index (κ1) is 20.7. The number of rotatable bonds is 8. The van der Waals surface area contributed by atoms with E-state index < -0.39 is 12.1 Å². The normalized spacial score (nSPS) is 17.0. The number of primary amides is 1. The molecule has 1 fully saturated rings. The third-order valence-corrected chi connectivity index (χ3v) is 5.07. The van der Waals surface area contributed by atoms with Crippen molar-refractivity contribution in [3.8, 4) is 11.5 Å². The number of benzene rings is 2. The molecule has 1 heterocycles. The van der Waals surface area contributed by atoms with Gasteiger partial charge in [0.25, 0.3) is 0 Å². The summed E-state index contributed by atoms with van der Waals surface area (Å²) in [6, 6.07) is 15.8. The number of nitrogens with one attached hydrogen (secondary N) is 2. The van der Waals surface area contributed by atoms with Gasteiger partial charge < -0.3 is 26.0 Å². The number of likely N-dealkylation sites (N-methyl/N-ethyl adjacent to an activating group) is 1. The Morgan fingerprint density at radius 1 is 1.17 bits per heavy atom. The number of nitrogens with two attached hydrogens (primary N) is 1. The van der Waals surface area contributed by atoms with Gasteiger partial charge in [0.2, 0.25) is 5.91 Å². The van der Waals surface area contributed by atoms with Crippen LogP contribution in [0.5, 0.6) is 11.5 Å². The van der Waals surface area contributed by atoms with Crippen LogP contribution in [-0.4, -0.2) is 43.0 Å². The molecule has 2 aromatic rings. The fourth-order valence-corrected chi connectivity index (χ4v) is 3.75. The van der Waals surface area contributed by atoms with Gasteiger partial charge in [0.1, 0.15) is 11.5 Å². The lowest BCUT2D eigenvalue weighted by Crippen LogP contribution is -2.43. The van der Waals surface area contributed by atoms with Gasteiger partial charge in [-0.3, -0.25) is 4.79 Å². The Morgan fingerprint density at radius 3 is 2.66 bits per heavy atom. The molecule has 154 valence electrons. The highest BCUT2D eigenvalue weighted by atomic mass is 16.5. The summed E-state index contributed by atoms with van der Waals surface area (Å²) in [5.74, 6) is 1.36. The van der Waals surface area contributed by atoms with Crippen molar-refractivity contribution in [1.29, 1.82) is 0 Å². The zero-order valence-corrected chi connectivity index (χ0v) is 16.6. The van der Waals surface area contributed by atoms with E-state index in [4.69, 9.17) is 10.5 Å². The summed E-state index contributed by atoms with van der Waals surface area (Å²) in [5, 5.41) is 5.85. The summed E-state index contributed by atoms with van der Waals surface area (Å²) < 4.78 is 5.88. The van der Waals surface area contributed by atoms with E-state index in [1.165, 1.54) is 0 Å². The Bertz CT molecular complexity index is 828. The summed E-state index contributed by atoms with van der Waals surface area (Å²) in [6.07, 6.45) is 2.13. The zero-order chi connectivity index (χ0) is 20.6. The van der Waals surface area contributed by atoms with Gasteiger partial charge in [0.05, 0.1) is 12.5 Å². The van der Waals surface area contributed by atoms with Gasteiger partial charge in [-0.1, -0.05) is 30.3 Å². The van der Waals surface area contributed by atoms with Crippen LogP contribution in [0.25, 0.3) is 0 Å². The Kier molecular flexibility index (Phi) is 7.08. The van der Waals surface area contributed by atoms with Gasteiger partial charge in [-0.05, 0) is 49.7 Å². The number of carbonyl (C=O) groups excluding carboxylic acids is 2. The average Bonchev–Trinajstić information content (AvgIpc) is 3.17. The van der Waals surface area contributed by atoms with Crippen molar-refractivity contribution >= 4 is 11.9 Å². The lowest BCUT2D eigenvalue weighted by molar-refractivity contribution is -0.132. The zero-order valence-electron chi connectivity index (χ0n) is 16.6. The van der Waals surface area contributed by atoms with Crippen LogP contribution < -0.4 is 21.1 Å². The highest BCUT2D eigenvalue weighted by Gasteiger charge is 2.30. The molecule has 0 bridgehead atoms. The fourth-order valence-electron chi connectivity index (χ4n) is 3.75. The standard InChI is InChI=1S/C22H28N4O3/c1-24-15-17-8-6-12-26(17)21(27)14-20(25-22(23)28)16-7-5-11-19(13-16)29-18-9-3-2-4-10-18/h2-5,7,9-11,13,17,20,24H,6,8,12,14-15H2,1H3,(H3,23,25,28). The summed E-state index contributed by atoms with van der Waals surface area (Å²) >= 11 is 0. The Labute approximate surface area is 171 Å². The van der Waals surface area contributed by atoms with E-state index in [2.05, 4.69) is 10.6 Å². The maximum atomic E-state index is 12.9. The summed E-state index contributed by atoms with van der Waals surface area (Å²) in [7, 11) is 1.89. The molecule has 2 unspecified atom stereocenters. The minimum Gasteiger partial charge on any atom is -0.457 e. The molecule has 0 radical (unpaired) electrons. The van der Waals surface area contributed by atoms with Crippen molar-refractivity contribution in [1.82, 2.24) is 15.5 Å². The molecule has 3 rings (SSSR count). The second-order valence-corrected chi connectivity index (χ2v) is 7.19. The van der Waals surface area contributed by atoms with Crippen LogP contribution in [0.1, 0.15) is 30.9 Å². The third-order valence-electron chi connectivity index (χ3n) is 5.07. The molecule has 2 atom stereocenters. The van der Waals surface area contributed by atoms with Gasteiger partial charge in [0, 0.05) is 19.1 Å². The van der Waals surface area contributed by atoms with Crippen molar-refractivity contribution in [2.24, 2.45) is 5.73 Å². The number of hydrogen-bond donors (Lipinski definition) is 3. The topological polar surface area (TPSA) is 96.7 Å². The first-order chi connectivity index (χ1) is 14.1. The molecular formula is C22H28N4O3. The molecule has 0 spiro atoms. The van der Waals surface area contributed by atoms with Gasteiger partial charge in [-0.25, -0.2) is 4.79 Å². The molecule has 7 nitrogen and oxygen atoms in total. The number of ether oxygens (including phenoxy) is 1. The molecule has 1 aliphatic heterocycles. The smallest absolute Gasteiger partial charge is 0.312 e. The molecular weight excluding hydrogens is 368 g/mol. The van der Waals surface area contributed by atoms with Crippen LogP contribution in [0.3, 0.4) is 0 Å². The van der Waals surface area contributed by atoms with Gasteiger partial charge in [-0.2, -0.15) is 0 Å². The lowest BCUT2D eigenvalue weighted by Gasteiger charge is -2.27. The first-order valence-corrected chi connectivity index (χ1v) is 9.89. The van der Waals surface area contributed by atoms with Crippen molar-refractivity contribution in [3.63, 3.8) is 0 Å². The van der Waals surface area contributed by atoms with Crippen molar-refractivity contribution < 1.29 is 14.3 Å². The molecule has 29 heavy (non-hydrogen) atoms. The SMILES string of the molecule is CNCC1CCCN1C(=O)CC(NC(N)=O)c1cccc(Oc2ccccc2)c1. The second-order valence-electron chi connectivity index (χ2n) is 7.19. The van der Waals surface area contributed by atoms with Gasteiger partial charge in [0.15, 0.2) is 0 Å². The largest absolute Gasteiger partial charge is 0.457 e. The van der Waals surface area contributed by atoms with E-state index in [0.717, 1.165) is 31.5 Å². The molecule has 0 aliphatic carbocycles. The summed E-state index contributed by atoms with van der Waals surface area (Å²) in [4.78, 5) is 26.4. The maximum absolute atomic E-state index is 12.9. The van der Waals surface area contributed by atoms with Crippen molar-refractivity contribution in [2.45, 2.75) is 31.3 Å². The van der Waals surface area contributed by atoms with Crippen LogP contribution in [0.15, 0.2) is 54.6 Å². The lowest BCUT2D eigenvalue weighted by atomic mass is 10.0. The highest BCUT2D eigenvalue weighted by molar-refractivity contribution is 5.79. The van der Waals surface area contributed by atoms with E-state index in [-0.39, 0.29) is 18.4 Å². The van der Waals surface area contributed by atoms with E-state index >= 15 is 0 Å². The average molecular weight is 396 g/mol. The summed E-state index contributed by atoms with van der Waals surface area (Å²) in [6.45, 7) is 1.51. The Hall–Kier alpha value is -3.06. The van der Waals surface area contributed by atoms with Crippen molar-refractivity contribution in [2.75, 3.05) is 20.1 Å². The van der Waals surface area contributed by atoms with E-state index in [1.807, 2.05) is 66.5 Å². The first-order valence-electron chi connectivity index (χ1n) is 9.89. The van der Waals surface area contributed by atoms with E-state index in [1.54, 1.807) is 0 Å². The predicted octanol–water partition coefficient (Wildman–Crippen LogP) is 2.79. The number of nitrogens with zero attached hydrogens (tertiary/aromatic N) is 1. The number of amides is 3. The van der Waals surface area contributed by atoms with Crippen LogP contribution in [-0.2, 0) is 4.79 Å². The number of urea groups is 1. The molecule has 1 saturated heterocycles. The second kappa shape index (κ2) is 9.93. The van der Waals surface area contributed by atoms with Crippen molar-refractivity contribution in [3.05, 3.63) is 60.2 Å². The summed E-state index contributed by atoms with van der Waals surface area (Å²) in [5.41, 5.74) is 6.15. The molecule has 0 aromatic heterocycles. The third kappa shape index (κ3) is 5.71. The van der Waals surface area contributed by atoms with Gasteiger partial charge >= 0.3 is 6.03 Å². The number of likely N-dealkylation sites (tertiary alicyclic amines) is 1. The molecule has 7 heteroatoms. The monoisotopic (exact) mass is 396 g/mol. The van der Waals surface area contributed by atoms with Crippen LogP contribution >= 0.6 is 0 Å². The maximum Gasteiger partial charge on any atom is 0.312 e. The Balaban J connectivity index is 1.75. The number of hydrogen-bond acceptors (Lipinski definition) is 4. The Morgan fingerprint density at radius 2 is 1.93 bits per heavy atom. The van der Waals surface area contributed by atoms with Gasteiger partial charge in [-0.15, -0.1) is 0 Å². The molecule has 3 amide bonds. The predicted molar refractivity (Wildman–Crippen MR) is 112 cm³/mol. The van der Waals surface area contributed by atoms with E-state index in [0.29, 0.717) is 11.5 Å². The molecule has 4 N–H and O–H groups in total.